The Kier molecular flexibility index (Phi) is 6.44. The van der Waals surface area contributed by atoms with Gasteiger partial charge in [0.2, 0.25) is 5.95 Å². The molecule has 1 N–H and O–H groups in total. The molecule has 0 bridgehead atoms. The number of aromatic nitrogens is 4. The molecule has 0 unspecified atom stereocenters. The first kappa shape index (κ1) is 21.7. The Morgan fingerprint density at radius 2 is 1.94 bits per heavy atom. The van der Waals surface area contributed by atoms with Crippen molar-refractivity contribution in [2.45, 2.75) is 38.1 Å². The minimum atomic E-state index is 0.373. The predicted molar refractivity (Wildman–Crippen MR) is 128 cm³/mol. The van der Waals surface area contributed by atoms with E-state index in [4.69, 9.17) is 14.5 Å². The number of nitrogens with one attached hydrogen (secondary N) is 1. The molecule has 1 aromatic carbocycles. The summed E-state index contributed by atoms with van der Waals surface area (Å²) in [7, 11) is 3.38. The third-order valence-electron chi connectivity index (χ3n) is 6.77. The van der Waals surface area contributed by atoms with Crippen molar-refractivity contribution >= 4 is 5.95 Å². The summed E-state index contributed by atoms with van der Waals surface area (Å²) in [4.78, 5) is 14.2. The first-order valence-electron chi connectivity index (χ1n) is 11.8. The number of likely N-dealkylation sites (tertiary alicyclic amines) is 1. The van der Waals surface area contributed by atoms with E-state index in [1.165, 1.54) is 18.5 Å². The van der Waals surface area contributed by atoms with Crippen molar-refractivity contribution in [1.29, 1.82) is 0 Å². The second kappa shape index (κ2) is 9.79. The highest BCUT2D eigenvalue weighted by Crippen LogP contribution is 2.35. The van der Waals surface area contributed by atoms with Crippen molar-refractivity contribution in [1.82, 2.24) is 25.1 Å². The van der Waals surface area contributed by atoms with E-state index in [-0.39, 0.29) is 0 Å². The Bertz CT molecular complexity index is 1080. The fourth-order valence-corrected chi connectivity index (χ4v) is 5.13. The Morgan fingerprint density at radius 1 is 1.06 bits per heavy atom. The molecule has 1 atom stereocenters. The van der Waals surface area contributed by atoms with Gasteiger partial charge in [-0.25, -0.2) is 9.97 Å². The standard InChI is InChI=1S/C25H32N6O2/c1-32-22-9-5-7-19(24(22)33-2)17-30-12-6-8-18(16-30)23-20(15-27-29-23)21-10-11-26-25(28-21)31-13-3-4-14-31/h5,7,9-11,15,18H,3-4,6,8,12-14,16-17H2,1-2H3,(H,27,29)/t18-/m1/s1. The number of methoxy groups -OCH3 is 2. The van der Waals surface area contributed by atoms with Crippen LogP contribution in [0.25, 0.3) is 11.3 Å². The monoisotopic (exact) mass is 448 g/mol. The van der Waals surface area contributed by atoms with Crippen LogP contribution in [-0.2, 0) is 6.54 Å². The first-order valence-corrected chi connectivity index (χ1v) is 11.8. The summed E-state index contributed by atoms with van der Waals surface area (Å²) in [6.07, 6.45) is 8.47. The van der Waals surface area contributed by atoms with Crippen LogP contribution in [0.15, 0.2) is 36.7 Å². The van der Waals surface area contributed by atoms with E-state index >= 15 is 0 Å². The summed E-state index contributed by atoms with van der Waals surface area (Å²) >= 11 is 0. The fourth-order valence-electron chi connectivity index (χ4n) is 5.13. The molecule has 0 amide bonds. The molecule has 2 saturated heterocycles. The zero-order chi connectivity index (χ0) is 22.6. The zero-order valence-electron chi connectivity index (χ0n) is 19.5. The lowest BCUT2D eigenvalue weighted by molar-refractivity contribution is 0.196. The zero-order valence-corrected chi connectivity index (χ0v) is 19.5. The summed E-state index contributed by atoms with van der Waals surface area (Å²) in [5, 5.41) is 7.70. The van der Waals surface area contributed by atoms with Gasteiger partial charge in [0.25, 0.3) is 0 Å². The number of aromatic amines is 1. The highest BCUT2D eigenvalue weighted by molar-refractivity contribution is 5.63. The third kappa shape index (κ3) is 4.53. The summed E-state index contributed by atoms with van der Waals surface area (Å²) in [5.74, 6) is 2.79. The average Bonchev–Trinajstić information content (AvgIpc) is 3.57. The van der Waals surface area contributed by atoms with E-state index < -0.39 is 0 Å². The van der Waals surface area contributed by atoms with E-state index in [1.807, 2.05) is 30.6 Å². The quantitative estimate of drug-likeness (QED) is 0.588. The van der Waals surface area contributed by atoms with Crippen LogP contribution in [0.3, 0.4) is 0 Å². The molecule has 4 heterocycles. The molecule has 2 aromatic heterocycles. The lowest BCUT2D eigenvalue weighted by Gasteiger charge is -2.33. The maximum Gasteiger partial charge on any atom is 0.225 e. The molecule has 0 spiro atoms. The molecule has 33 heavy (non-hydrogen) atoms. The molecular weight excluding hydrogens is 416 g/mol. The van der Waals surface area contributed by atoms with Crippen LogP contribution < -0.4 is 14.4 Å². The van der Waals surface area contributed by atoms with Gasteiger partial charge >= 0.3 is 0 Å². The van der Waals surface area contributed by atoms with Gasteiger partial charge in [0.15, 0.2) is 11.5 Å². The number of hydrogen-bond acceptors (Lipinski definition) is 7. The molecule has 0 radical (unpaired) electrons. The van der Waals surface area contributed by atoms with Crippen LogP contribution in [-0.4, -0.2) is 65.5 Å². The third-order valence-corrected chi connectivity index (χ3v) is 6.77. The van der Waals surface area contributed by atoms with Gasteiger partial charge < -0.3 is 14.4 Å². The van der Waals surface area contributed by atoms with Gasteiger partial charge in [-0.05, 0) is 44.4 Å². The van der Waals surface area contributed by atoms with Crippen LogP contribution in [0.2, 0.25) is 0 Å². The molecule has 0 saturated carbocycles. The predicted octanol–water partition coefficient (Wildman–Crippen LogP) is 3.86. The topological polar surface area (TPSA) is 79.4 Å². The number of ether oxygens (including phenoxy) is 2. The van der Waals surface area contributed by atoms with E-state index in [2.05, 4.69) is 31.0 Å². The molecular formula is C25H32N6O2. The van der Waals surface area contributed by atoms with Crippen LogP contribution in [0.4, 0.5) is 5.95 Å². The van der Waals surface area contributed by atoms with Gasteiger partial charge in [-0.1, -0.05) is 12.1 Å². The minimum absolute atomic E-state index is 0.373. The number of hydrogen-bond donors (Lipinski definition) is 1. The van der Waals surface area contributed by atoms with Gasteiger partial charge in [-0.2, -0.15) is 5.10 Å². The molecule has 3 aromatic rings. The van der Waals surface area contributed by atoms with E-state index in [1.54, 1.807) is 14.2 Å². The molecule has 2 aliphatic rings. The van der Waals surface area contributed by atoms with E-state index in [0.717, 1.165) is 79.8 Å². The molecule has 2 fully saturated rings. The number of anilines is 1. The first-order chi connectivity index (χ1) is 16.3. The van der Waals surface area contributed by atoms with Crippen molar-refractivity contribution < 1.29 is 9.47 Å². The largest absolute Gasteiger partial charge is 0.493 e. The number of nitrogens with zero attached hydrogens (tertiary/aromatic N) is 5. The lowest BCUT2D eigenvalue weighted by atomic mass is 9.91. The van der Waals surface area contributed by atoms with Crippen molar-refractivity contribution in [2.24, 2.45) is 0 Å². The molecule has 0 aliphatic carbocycles. The van der Waals surface area contributed by atoms with Gasteiger partial charge in [0.05, 0.1) is 26.1 Å². The smallest absolute Gasteiger partial charge is 0.225 e. The fraction of sp³-hybridized carbons (Fsp3) is 0.480. The van der Waals surface area contributed by atoms with Gasteiger partial charge in [0, 0.05) is 55.1 Å². The van der Waals surface area contributed by atoms with Crippen molar-refractivity contribution in [3.63, 3.8) is 0 Å². The number of benzene rings is 1. The summed E-state index contributed by atoms with van der Waals surface area (Å²) in [6.45, 7) is 4.92. The van der Waals surface area contributed by atoms with Crippen LogP contribution >= 0.6 is 0 Å². The minimum Gasteiger partial charge on any atom is -0.493 e. The molecule has 174 valence electrons. The molecule has 8 nitrogen and oxygen atoms in total. The SMILES string of the molecule is COc1cccc(CN2CCC[C@@H](c3[nH]ncc3-c3ccnc(N4CCCC4)n3)C2)c1OC. The Hall–Kier alpha value is -3.13. The highest BCUT2D eigenvalue weighted by atomic mass is 16.5. The van der Waals surface area contributed by atoms with Crippen LogP contribution in [0, 0.1) is 0 Å². The Labute approximate surface area is 194 Å². The Morgan fingerprint density at radius 3 is 2.76 bits per heavy atom. The molecule has 2 aliphatic heterocycles. The van der Waals surface area contributed by atoms with Crippen molar-refractivity contribution in [2.75, 3.05) is 45.3 Å². The maximum absolute atomic E-state index is 5.65. The van der Waals surface area contributed by atoms with Crippen molar-refractivity contribution in [3.8, 4) is 22.8 Å². The second-order valence-corrected chi connectivity index (χ2v) is 8.86. The second-order valence-electron chi connectivity index (χ2n) is 8.86. The highest BCUT2D eigenvalue weighted by Gasteiger charge is 2.27. The van der Waals surface area contributed by atoms with Gasteiger partial charge in [-0.3, -0.25) is 10.00 Å². The van der Waals surface area contributed by atoms with Crippen LogP contribution in [0.5, 0.6) is 11.5 Å². The number of H-pyrrole nitrogens is 1. The van der Waals surface area contributed by atoms with Crippen LogP contribution in [0.1, 0.15) is 42.9 Å². The number of piperidine rings is 1. The van der Waals surface area contributed by atoms with Gasteiger partial charge in [-0.15, -0.1) is 0 Å². The average molecular weight is 449 g/mol. The number of para-hydroxylation sites is 1. The molecule has 5 rings (SSSR count). The summed E-state index contributed by atoms with van der Waals surface area (Å²) < 4.78 is 11.1. The van der Waals surface area contributed by atoms with Crippen molar-refractivity contribution in [3.05, 3.63) is 47.9 Å². The van der Waals surface area contributed by atoms with E-state index in [0.29, 0.717) is 5.92 Å². The lowest BCUT2D eigenvalue weighted by Crippen LogP contribution is -2.34. The van der Waals surface area contributed by atoms with E-state index in [9.17, 15) is 0 Å². The summed E-state index contributed by atoms with van der Waals surface area (Å²) in [5.41, 5.74) is 4.35. The number of rotatable bonds is 7. The maximum atomic E-state index is 5.65. The molecule has 8 heteroatoms. The normalized spacial score (nSPS) is 19.1. The van der Waals surface area contributed by atoms with Gasteiger partial charge in [0.1, 0.15) is 0 Å². The summed E-state index contributed by atoms with van der Waals surface area (Å²) in [6, 6.07) is 8.08. The Balaban J connectivity index is 1.35.